The molecule has 0 atom stereocenters. The maximum atomic E-state index is 13.8. The molecule has 2 rings (SSSR count). The first-order chi connectivity index (χ1) is 8.59. The third-order valence-corrected chi connectivity index (χ3v) is 3.62. The molecular weight excluding hydrogens is 234 g/mol. The lowest BCUT2D eigenvalue weighted by atomic mass is 10.0. The molecule has 0 spiro atoms. The van der Waals surface area contributed by atoms with Crippen LogP contribution in [0.2, 0.25) is 0 Å². The van der Waals surface area contributed by atoms with E-state index in [0.717, 1.165) is 6.07 Å². The van der Waals surface area contributed by atoms with Crippen LogP contribution >= 0.6 is 0 Å². The van der Waals surface area contributed by atoms with E-state index in [4.69, 9.17) is 4.74 Å². The fourth-order valence-electron chi connectivity index (χ4n) is 2.60. The molecule has 100 valence electrons. The second-order valence-electron chi connectivity index (χ2n) is 5.39. The van der Waals surface area contributed by atoms with Gasteiger partial charge in [0.25, 0.3) is 0 Å². The molecule has 1 nitrogen and oxygen atoms in total. The highest BCUT2D eigenvalue weighted by Gasteiger charge is 2.20. The summed E-state index contributed by atoms with van der Waals surface area (Å²) in [6.45, 7) is 4.31. The molecule has 0 radical (unpaired) electrons. The Hall–Kier alpha value is -1.12. The van der Waals surface area contributed by atoms with Gasteiger partial charge in [0.15, 0.2) is 11.6 Å². The van der Waals surface area contributed by atoms with Crippen molar-refractivity contribution >= 4 is 0 Å². The topological polar surface area (TPSA) is 9.23 Å². The van der Waals surface area contributed by atoms with Crippen LogP contribution in [0.4, 0.5) is 8.78 Å². The van der Waals surface area contributed by atoms with Crippen molar-refractivity contribution in [3.63, 3.8) is 0 Å². The van der Waals surface area contributed by atoms with Gasteiger partial charge in [-0.05, 0) is 36.8 Å². The molecule has 0 unspecified atom stereocenters. The summed E-state index contributed by atoms with van der Waals surface area (Å²) in [6.07, 6.45) is 4.87. The Bertz CT molecular complexity index is 409. The molecule has 1 aromatic carbocycles. The second-order valence-corrected chi connectivity index (χ2v) is 5.39. The van der Waals surface area contributed by atoms with E-state index in [0.29, 0.717) is 23.8 Å². The van der Waals surface area contributed by atoms with Gasteiger partial charge in [-0.15, -0.1) is 0 Å². The van der Waals surface area contributed by atoms with Crippen molar-refractivity contribution in [1.82, 2.24) is 0 Å². The van der Waals surface area contributed by atoms with Crippen LogP contribution in [0.1, 0.15) is 51.0 Å². The third-order valence-electron chi connectivity index (χ3n) is 3.62. The summed E-state index contributed by atoms with van der Waals surface area (Å²) in [5.74, 6) is -0.589. The fourth-order valence-corrected chi connectivity index (χ4v) is 2.60. The molecule has 1 aromatic rings. The van der Waals surface area contributed by atoms with Crippen LogP contribution in [0.15, 0.2) is 12.1 Å². The van der Waals surface area contributed by atoms with Crippen LogP contribution in [0.5, 0.6) is 5.75 Å². The molecule has 0 saturated heterocycles. The number of rotatable bonds is 4. The molecule has 1 fully saturated rings. The first kappa shape index (κ1) is 13.3. The lowest BCUT2D eigenvalue weighted by molar-refractivity contribution is 0.247. The van der Waals surface area contributed by atoms with Gasteiger partial charge < -0.3 is 4.74 Å². The predicted molar refractivity (Wildman–Crippen MR) is 67.9 cm³/mol. The predicted octanol–water partition coefficient (Wildman–Crippen LogP) is 4.66. The monoisotopic (exact) mass is 254 g/mol. The quantitative estimate of drug-likeness (QED) is 0.759. The van der Waals surface area contributed by atoms with Crippen molar-refractivity contribution in [3.8, 4) is 5.75 Å². The van der Waals surface area contributed by atoms with Gasteiger partial charge in [-0.1, -0.05) is 26.7 Å². The van der Waals surface area contributed by atoms with Crippen molar-refractivity contribution in [2.45, 2.75) is 45.4 Å². The van der Waals surface area contributed by atoms with E-state index in [1.54, 1.807) is 6.07 Å². The van der Waals surface area contributed by atoms with Gasteiger partial charge in [-0.2, -0.15) is 0 Å². The highest BCUT2D eigenvalue weighted by atomic mass is 19.2. The van der Waals surface area contributed by atoms with Gasteiger partial charge in [-0.25, -0.2) is 8.78 Å². The molecule has 1 saturated carbocycles. The van der Waals surface area contributed by atoms with Crippen LogP contribution < -0.4 is 4.74 Å². The SMILES string of the molecule is CC(C)c1c(OCC2CCCC2)ccc(F)c1F. The smallest absolute Gasteiger partial charge is 0.165 e. The molecule has 3 heteroatoms. The molecule has 0 bridgehead atoms. The van der Waals surface area contributed by atoms with Crippen LogP contribution in [-0.4, -0.2) is 6.61 Å². The van der Waals surface area contributed by atoms with E-state index < -0.39 is 11.6 Å². The van der Waals surface area contributed by atoms with E-state index in [2.05, 4.69) is 0 Å². The largest absolute Gasteiger partial charge is 0.493 e. The molecule has 1 aliphatic rings. The second kappa shape index (κ2) is 5.68. The zero-order chi connectivity index (χ0) is 13.1. The van der Waals surface area contributed by atoms with Gasteiger partial charge in [0, 0.05) is 5.56 Å². The standard InChI is InChI=1S/C15H20F2O/c1-10(2)14-13(8-7-12(16)15(14)17)18-9-11-5-3-4-6-11/h7-8,10-11H,3-6,9H2,1-2H3. The zero-order valence-electron chi connectivity index (χ0n) is 11.0. The molecule has 1 aliphatic carbocycles. The maximum Gasteiger partial charge on any atom is 0.165 e. The molecule has 0 amide bonds. The average Bonchev–Trinajstić information content (AvgIpc) is 2.83. The molecule has 18 heavy (non-hydrogen) atoms. The lowest BCUT2D eigenvalue weighted by Gasteiger charge is -2.17. The summed E-state index contributed by atoms with van der Waals surface area (Å²) in [5, 5.41) is 0. The molecular formula is C15H20F2O. The van der Waals surface area contributed by atoms with Crippen LogP contribution in [0, 0.1) is 17.6 Å². The molecule has 0 heterocycles. The number of halogens is 2. The summed E-state index contributed by atoms with van der Waals surface area (Å²) in [5.41, 5.74) is 0.355. The van der Waals surface area contributed by atoms with Gasteiger partial charge in [0.2, 0.25) is 0 Å². The first-order valence-corrected chi connectivity index (χ1v) is 6.70. The molecule has 0 N–H and O–H groups in total. The average molecular weight is 254 g/mol. The van der Waals surface area contributed by atoms with Crippen molar-refractivity contribution in [2.24, 2.45) is 5.92 Å². The van der Waals surface area contributed by atoms with Gasteiger partial charge in [-0.3, -0.25) is 0 Å². The number of ether oxygens (including phenoxy) is 1. The number of hydrogen-bond acceptors (Lipinski definition) is 1. The van der Waals surface area contributed by atoms with Gasteiger partial charge in [0.1, 0.15) is 5.75 Å². The summed E-state index contributed by atoms with van der Waals surface area (Å²) >= 11 is 0. The van der Waals surface area contributed by atoms with Gasteiger partial charge >= 0.3 is 0 Å². The Balaban J connectivity index is 2.13. The van der Waals surface area contributed by atoms with E-state index in [1.807, 2.05) is 13.8 Å². The number of hydrogen-bond donors (Lipinski definition) is 0. The van der Waals surface area contributed by atoms with Crippen molar-refractivity contribution in [3.05, 3.63) is 29.3 Å². The fraction of sp³-hybridized carbons (Fsp3) is 0.600. The maximum absolute atomic E-state index is 13.8. The van der Waals surface area contributed by atoms with E-state index in [1.165, 1.54) is 25.7 Å². The Kier molecular flexibility index (Phi) is 4.20. The Labute approximate surface area is 107 Å². The van der Waals surface area contributed by atoms with Crippen LogP contribution in [0.25, 0.3) is 0 Å². The molecule has 0 aromatic heterocycles. The zero-order valence-corrected chi connectivity index (χ0v) is 11.0. The summed E-state index contributed by atoms with van der Waals surface area (Å²) in [6, 6.07) is 2.69. The van der Waals surface area contributed by atoms with Crippen molar-refractivity contribution in [2.75, 3.05) is 6.61 Å². The minimum absolute atomic E-state index is 0.0840. The van der Waals surface area contributed by atoms with Crippen LogP contribution in [0.3, 0.4) is 0 Å². The highest BCUT2D eigenvalue weighted by Crippen LogP contribution is 2.32. The minimum Gasteiger partial charge on any atom is -0.493 e. The van der Waals surface area contributed by atoms with E-state index in [9.17, 15) is 8.78 Å². The third kappa shape index (κ3) is 2.82. The lowest BCUT2D eigenvalue weighted by Crippen LogP contribution is -2.11. The summed E-state index contributed by atoms with van der Waals surface area (Å²) < 4.78 is 32.7. The van der Waals surface area contributed by atoms with Gasteiger partial charge in [0.05, 0.1) is 6.61 Å². The number of benzene rings is 1. The van der Waals surface area contributed by atoms with Crippen molar-refractivity contribution < 1.29 is 13.5 Å². The molecule has 0 aliphatic heterocycles. The van der Waals surface area contributed by atoms with Crippen molar-refractivity contribution in [1.29, 1.82) is 0 Å². The Morgan fingerprint density at radius 1 is 1.22 bits per heavy atom. The van der Waals surface area contributed by atoms with E-state index >= 15 is 0 Å². The normalized spacial score (nSPS) is 16.5. The Morgan fingerprint density at radius 2 is 1.89 bits per heavy atom. The summed E-state index contributed by atoms with van der Waals surface area (Å²) in [7, 11) is 0. The minimum atomic E-state index is -0.799. The summed E-state index contributed by atoms with van der Waals surface area (Å²) in [4.78, 5) is 0. The van der Waals surface area contributed by atoms with E-state index in [-0.39, 0.29) is 5.92 Å². The first-order valence-electron chi connectivity index (χ1n) is 6.70. The highest BCUT2D eigenvalue weighted by molar-refractivity contribution is 5.37. The Morgan fingerprint density at radius 3 is 2.50 bits per heavy atom. The van der Waals surface area contributed by atoms with Crippen LogP contribution in [-0.2, 0) is 0 Å².